The Labute approximate surface area is 373 Å². The monoisotopic (exact) mass is 869 g/mol. The van der Waals surface area contributed by atoms with E-state index in [2.05, 4.69) is 52.0 Å². The molecule has 4 aromatic rings. The van der Waals surface area contributed by atoms with Crippen molar-refractivity contribution in [2.75, 3.05) is 27.3 Å². The van der Waals surface area contributed by atoms with Crippen LogP contribution < -0.4 is 10.6 Å². The fourth-order valence-corrected chi connectivity index (χ4v) is 11.1. The molecule has 4 heterocycles. The minimum atomic E-state index is -0.718. The number of alkyl carbamates (subject to hydrolysis) is 2. The maximum Gasteiger partial charge on any atom is 0.407 e. The number of carbonyl (C=O) groups is 5. The maximum atomic E-state index is 14.8. The average Bonchev–Trinajstić information content (AvgIpc) is 4.15. The van der Waals surface area contributed by atoms with E-state index in [1.54, 1.807) is 0 Å². The molecule has 336 valence electrons. The molecule has 14 heteroatoms. The van der Waals surface area contributed by atoms with E-state index in [4.69, 9.17) is 19.5 Å². The molecular formula is C50H59N7O7. The molecule has 2 aliphatic carbocycles. The number of nitrogens with zero attached hydrogens (tertiary/aromatic N) is 4. The van der Waals surface area contributed by atoms with Gasteiger partial charge in [0.2, 0.25) is 11.8 Å². The van der Waals surface area contributed by atoms with E-state index in [1.165, 1.54) is 14.2 Å². The van der Waals surface area contributed by atoms with Crippen LogP contribution >= 0.6 is 0 Å². The van der Waals surface area contributed by atoms with E-state index in [1.807, 2.05) is 49.6 Å². The topological polar surface area (TPSA) is 175 Å². The van der Waals surface area contributed by atoms with E-state index < -0.39 is 29.7 Å². The number of aromatic nitrogens is 2. The standard InChI is InChI=1S/C50H59N7O7/c1-27(2)42(54-48(61)63-5)46(59)56-21-9-11-39(56)38-25-31-23-29(13-17-35(31)51-38)33-16-15-32(34-26-50(19-7-8-20-50)44(58)41(33)34)30-14-18-36-37(24-30)53-45(52-36)40-12-10-22-57(40)47(60)43(28(3)4)55-49(62)64-6/h13-18,23-24,27-28,39-40,42-43H,7-12,19-22,25-26H2,1-6H3,(H,52,53)(H,54,61)(H,55,62)/t39?,40-,42-,43-/m0/s1. The Morgan fingerprint density at radius 2 is 1.36 bits per heavy atom. The van der Waals surface area contributed by atoms with Gasteiger partial charge in [-0.15, -0.1) is 0 Å². The van der Waals surface area contributed by atoms with Crippen molar-refractivity contribution in [1.82, 2.24) is 30.4 Å². The molecule has 1 spiro atoms. The fraction of sp³-hybridized carbons (Fsp3) is 0.500. The average molecular weight is 870 g/mol. The zero-order valence-corrected chi connectivity index (χ0v) is 37.7. The van der Waals surface area contributed by atoms with Crippen LogP contribution in [-0.4, -0.2) is 101 Å². The van der Waals surface area contributed by atoms with Crippen LogP contribution in [0.25, 0.3) is 33.3 Å². The summed E-state index contributed by atoms with van der Waals surface area (Å²) in [5.74, 6) is 0.433. The van der Waals surface area contributed by atoms with Gasteiger partial charge < -0.3 is 34.9 Å². The van der Waals surface area contributed by atoms with Crippen molar-refractivity contribution in [1.29, 1.82) is 0 Å². The molecule has 4 amide bonds. The van der Waals surface area contributed by atoms with Crippen LogP contribution in [0, 0.1) is 17.3 Å². The molecule has 14 nitrogen and oxygen atoms in total. The third kappa shape index (κ3) is 7.61. The van der Waals surface area contributed by atoms with Gasteiger partial charge in [0, 0.05) is 36.2 Å². The van der Waals surface area contributed by atoms with Crippen molar-refractivity contribution in [2.24, 2.45) is 22.2 Å². The zero-order valence-electron chi connectivity index (χ0n) is 37.7. The summed E-state index contributed by atoms with van der Waals surface area (Å²) in [5.41, 5.74) is 10.0. The molecule has 4 atom stereocenters. The second-order valence-corrected chi connectivity index (χ2v) is 19.1. The largest absolute Gasteiger partial charge is 0.453 e. The lowest BCUT2D eigenvalue weighted by Gasteiger charge is -2.30. The second kappa shape index (κ2) is 17.2. The molecule has 5 aliphatic rings. The highest BCUT2D eigenvalue weighted by Gasteiger charge is 2.49. The lowest BCUT2D eigenvalue weighted by Crippen LogP contribution is -2.53. The number of aliphatic imine (C=N–C) groups is 1. The SMILES string of the molecule is COC(=O)N[C@H](C(=O)N1CCCC1C1=Nc2ccc(-c3ccc(-c4ccc5nc([C@@H]6CCCN6C(=O)[C@@H](NC(=O)OC)C(C)C)[nH]c5c4)c4c3C(=O)C3(CCCC3)C4)cc2C1)C(C)C. The van der Waals surface area contributed by atoms with Gasteiger partial charge in [0.25, 0.3) is 0 Å². The second-order valence-electron chi connectivity index (χ2n) is 19.1. The molecule has 0 radical (unpaired) electrons. The number of benzene rings is 3. The summed E-state index contributed by atoms with van der Waals surface area (Å²) in [4.78, 5) is 84.0. The van der Waals surface area contributed by atoms with Crippen molar-refractivity contribution in [3.63, 3.8) is 0 Å². The summed E-state index contributed by atoms with van der Waals surface area (Å²) in [5, 5.41) is 5.47. The van der Waals surface area contributed by atoms with Gasteiger partial charge in [0.15, 0.2) is 5.78 Å². The molecule has 0 bridgehead atoms. The summed E-state index contributed by atoms with van der Waals surface area (Å²) in [7, 11) is 2.59. The number of hydrogen-bond donors (Lipinski definition) is 3. The molecule has 1 saturated carbocycles. The van der Waals surface area contributed by atoms with E-state index in [0.29, 0.717) is 31.8 Å². The Hall–Kier alpha value is -6.05. The molecular weight excluding hydrogens is 811 g/mol. The summed E-state index contributed by atoms with van der Waals surface area (Å²) in [6.07, 6.45) is 7.15. The van der Waals surface area contributed by atoms with Crippen LogP contribution in [0.2, 0.25) is 0 Å². The minimum Gasteiger partial charge on any atom is -0.453 e. The van der Waals surface area contributed by atoms with Crippen LogP contribution in [-0.2, 0) is 31.9 Å². The first-order valence-electron chi connectivity index (χ1n) is 23.0. The van der Waals surface area contributed by atoms with Gasteiger partial charge >= 0.3 is 12.2 Å². The number of ether oxygens (including phenoxy) is 2. The molecule has 2 saturated heterocycles. The number of Topliss-reactive ketones (excluding diaryl/α,β-unsaturated/α-hetero) is 1. The number of rotatable bonds is 10. The van der Waals surface area contributed by atoms with E-state index >= 15 is 0 Å². The quantitative estimate of drug-likeness (QED) is 0.143. The molecule has 9 rings (SSSR count). The first-order valence-corrected chi connectivity index (χ1v) is 23.0. The summed E-state index contributed by atoms with van der Waals surface area (Å²) in [6.45, 7) is 8.81. The molecule has 1 unspecified atom stereocenters. The van der Waals surface area contributed by atoms with Crippen LogP contribution in [0.4, 0.5) is 15.3 Å². The van der Waals surface area contributed by atoms with Crippen molar-refractivity contribution in [3.8, 4) is 22.3 Å². The smallest absolute Gasteiger partial charge is 0.407 e. The number of amides is 4. The molecule has 3 aliphatic heterocycles. The Morgan fingerprint density at radius 3 is 2.00 bits per heavy atom. The molecule has 3 fully saturated rings. The fourth-order valence-electron chi connectivity index (χ4n) is 11.1. The normalized spacial score (nSPS) is 20.8. The Balaban J connectivity index is 0.998. The predicted octanol–water partition coefficient (Wildman–Crippen LogP) is 8.24. The Kier molecular flexibility index (Phi) is 11.6. The van der Waals surface area contributed by atoms with Gasteiger partial charge in [-0.2, -0.15) is 0 Å². The molecule has 3 aromatic carbocycles. The predicted molar refractivity (Wildman–Crippen MR) is 243 cm³/mol. The highest BCUT2D eigenvalue weighted by molar-refractivity contribution is 6.12. The van der Waals surface area contributed by atoms with Gasteiger partial charge in [-0.3, -0.25) is 19.4 Å². The number of imidazole rings is 1. The van der Waals surface area contributed by atoms with E-state index in [-0.39, 0.29) is 41.5 Å². The maximum absolute atomic E-state index is 14.8. The number of likely N-dealkylation sites (tertiary alicyclic amines) is 2. The van der Waals surface area contributed by atoms with Crippen LogP contribution in [0.1, 0.15) is 112 Å². The number of nitrogens with one attached hydrogen (secondary N) is 3. The van der Waals surface area contributed by atoms with Crippen LogP contribution in [0.15, 0.2) is 53.5 Å². The number of H-pyrrole nitrogens is 1. The molecule has 1 aromatic heterocycles. The highest BCUT2D eigenvalue weighted by atomic mass is 16.5. The van der Waals surface area contributed by atoms with Crippen molar-refractivity contribution >= 4 is 52.2 Å². The number of carbonyl (C=O) groups excluding carboxylic acids is 5. The summed E-state index contributed by atoms with van der Waals surface area (Å²) < 4.78 is 9.64. The van der Waals surface area contributed by atoms with Crippen LogP contribution in [0.5, 0.6) is 0 Å². The Morgan fingerprint density at radius 1 is 0.766 bits per heavy atom. The number of aromatic amines is 1. The van der Waals surface area contributed by atoms with Gasteiger partial charge in [-0.25, -0.2) is 14.6 Å². The van der Waals surface area contributed by atoms with Gasteiger partial charge in [-0.05, 0) is 114 Å². The number of hydrogen-bond acceptors (Lipinski definition) is 9. The van der Waals surface area contributed by atoms with Crippen molar-refractivity contribution in [2.45, 2.75) is 116 Å². The first kappa shape index (κ1) is 43.2. The summed E-state index contributed by atoms with van der Waals surface area (Å²) >= 11 is 0. The first-order chi connectivity index (χ1) is 30.8. The van der Waals surface area contributed by atoms with Gasteiger partial charge in [-0.1, -0.05) is 64.8 Å². The number of ketones is 1. The third-order valence-corrected chi connectivity index (χ3v) is 14.5. The molecule has 3 N–H and O–H groups in total. The summed E-state index contributed by atoms with van der Waals surface area (Å²) in [6, 6.07) is 14.9. The zero-order chi connectivity index (χ0) is 45.0. The van der Waals surface area contributed by atoms with Gasteiger partial charge in [0.1, 0.15) is 17.9 Å². The van der Waals surface area contributed by atoms with E-state index in [9.17, 15) is 24.0 Å². The number of methoxy groups -OCH3 is 2. The molecule has 64 heavy (non-hydrogen) atoms. The van der Waals surface area contributed by atoms with Crippen LogP contribution in [0.3, 0.4) is 0 Å². The number of fused-ring (bicyclic) bond motifs is 3. The minimum absolute atomic E-state index is 0.118. The van der Waals surface area contributed by atoms with Crippen molar-refractivity contribution in [3.05, 3.63) is 71.0 Å². The highest BCUT2D eigenvalue weighted by Crippen LogP contribution is 2.53. The lowest BCUT2D eigenvalue weighted by atomic mass is 9.81. The third-order valence-electron chi connectivity index (χ3n) is 14.5. The van der Waals surface area contributed by atoms with E-state index in [0.717, 1.165) is 113 Å². The van der Waals surface area contributed by atoms with Crippen molar-refractivity contribution < 1.29 is 33.4 Å². The Bertz CT molecular complexity index is 2570. The lowest BCUT2D eigenvalue weighted by molar-refractivity contribution is -0.135. The van der Waals surface area contributed by atoms with Gasteiger partial charge in [0.05, 0.1) is 43.0 Å².